The van der Waals surface area contributed by atoms with Crippen LogP contribution in [0.15, 0.2) is 36.4 Å². The molecule has 0 radical (unpaired) electrons. The highest BCUT2D eigenvalue weighted by atomic mass is 32.1. The van der Waals surface area contributed by atoms with Crippen molar-refractivity contribution in [2.75, 3.05) is 34.3 Å². The number of aromatic nitrogens is 1. The molecule has 3 fully saturated rings. The van der Waals surface area contributed by atoms with Gasteiger partial charge in [-0.05, 0) is 87.7 Å². The number of primary amides is 1. The summed E-state index contributed by atoms with van der Waals surface area (Å²) in [6, 6.07) is 12.1. The van der Waals surface area contributed by atoms with E-state index in [1.807, 2.05) is 37.2 Å². The van der Waals surface area contributed by atoms with Crippen molar-refractivity contribution in [3.63, 3.8) is 0 Å². The molecule has 0 spiro atoms. The van der Waals surface area contributed by atoms with Gasteiger partial charge in [-0.2, -0.15) is 0 Å². The van der Waals surface area contributed by atoms with E-state index in [0.717, 1.165) is 41.5 Å². The third kappa shape index (κ3) is 4.89. The van der Waals surface area contributed by atoms with Gasteiger partial charge in [-0.15, -0.1) is 0 Å². The van der Waals surface area contributed by atoms with Crippen molar-refractivity contribution in [2.45, 2.75) is 69.4 Å². The third-order valence-corrected chi connectivity index (χ3v) is 9.58. The minimum absolute atomic E-state index is 0.0825. The summed E-state index contributed by atoms with van der Waals surface area (Å²) >= 11 is 3.80. The van der Waals surface area contributed by atoms with Crippen LogP contribution in [0.5, 0.6) is 5.75 Å². The predicted molar refractivity (Wildman–Crippen MR) is 168 cm³/mol. The fourth-order valence-electron chi connectivity index (χ4n) is 7.67. The average Bonchev–Trinajstić information content (AvgIpc) is 3.61. The van der Waals surface area contributed by atoms with Crippen LogP contribution >= 0.6 is 12.8 Å². The Balaban J connectivity index is 0.000000744. The van der Waals surface area contributed by atoms with Gasteiger partial charge < -0.3 is 25.0 Å². The maximum Gasteiger partial charge on any atom is 0.248 e. The number of fused-ring (bicyclic) bond motifs is 7. The quantitative estimate of drug-likeness (QED) is 0.374. The lowest BCUT2D eigenvalue weighted by Crippen LogP contribution is -2.63. The van der Waals surface area contributed by atoms with Crippen LogP contribution in [0.2, 0.25) is 0 Å². The van der Waals surface area contributed by atoms with Crippen molar-refractivity contribution < 1.29 is 19.4 Å². The number of hydrogen-bond acceptors (Lipinski definition) is 6. The number of hydrogen-bond donors (Lipinski definition) is 3. The Morgan fingerprint density at radius 2 is 1.76 bits per heavy atom. The molecule has 8 nitrogen and oxygen atoms in total. The smallest absolute Gasteiger partial charge is 0.248 e. The number of thiol groups is 1. The molecule has 2 aromatic carbocycles. The van der Waals surface area contributed by atoms with Gasteiger partial charge in [0, 0.05) is 34.5 Å². The molecule has 9 heteroatoms. The maximum atomic E-state index is 14.1. The Morgan fingerprint density at radius 1 is 1.07 bits per heavy atom. The molecule has 2 saturated carbocycles. The van der Waals surface area contributed by atoms with Crippen molar-refractivity contribution in [3.05, 3.63) is 53.1 Å². The van der Waals surface area contributed by atoms with E-state index in [4.69, 9.17) is 10.5 Å². The summed E-state index contributed by atoms with van der Waals surface area (Å²) in [7, 11) is 5.41. The Hall–Kier alpha value is -3.01. The number of rotatable bonds is 4. The molecule has 1 aromatic heterocycles. The van der Waals surface area contributed by atoms with Crippen LogP contribution in [-0.4, -0.2) is 70.6 Å². The number of nitrogens with two attached hydrogens (primary N) is 1. The van der Waals surface area contributed by atoms with Crippen LogP contribution in [0.1, 0.15) is 78.8 Å². The summed E-state index contributed by atoms with van der Waals surface area (Å²) in [5.74, 6) is 0.979. The molecule has 2 aliphatic heterocycles. The lowest BCUT2D eigenvalue weighted by atomic mass is 9.81. The second kappa shape index (κ2) is 10.6. The number of β-amino-alcohol motifs (C(OH)–C–C–N with tert-alkyl or cyclic N) is 1. The van der Waals surface area contributed by atoms with Gasteiger partial charge in [0.1, 0.15) is 5.75 Å². The summed E-state index contributed by atoms with van der Waals surface area (Å²) in [6.07, 6.45) is 6.75. The molecule has 3 N–H and O–H groups in total. The average molecular weight is 591 g/mol. The SMILES string of the molecule is CN(C)S.COc1ccc2c(c1)C1CC1(C(=O)N1CC(C)(O)C1)Cn1c-2c(C2CCCCC2)c2ccc(C(N)=O)cc21. The van der Waals surface area contributed by atoms with Crippen molar-refractivity contribution in [3.8, 4) is 17.0 Å². The first-order valence-corrected chi connectivity index (χ1v) is 15.4. The Labute approximate surface area is 253 Å². The van der Waals surface area contributed by atoms with E-state index in [0.29, 0.717) is 31.1 Å². The van der Waals surface area contributed by atoms with Crippen molar-refractivity contribution in [1.82, 2.24) is 13.8 Å². The van der Waals surface area contributed by atoms with Gasteiger partial charge in [-0.25, -0.2) is 0 Å². The van der Waals surface area contributed by atoms with E-state index in [1.54, 1.807) is 18.3 Å². The highest BCUT2D eigenvalue weighted by Gasteiger charge is 2.65. The van der Waals surface area contributed by atoms with E-state index in [9.17, 15) is 14.7 Å². The molecule has 2 atom stereocenters. The molecule has 2 amide bonds. The number of aliphatic hydroxyl groups is 1. The topological polar surface area (TPSA) is 101 Å². The van der Waals surface area contributed by atoms with E-state index >= 15 is 0 Å². The van der Waals surface area contributed by atoms with E-state index in [2.05, 4.69) is 35.6 Å². The standard InChI is InChI=1S/C31H35N3O4.C2H7NS/c1-30(37)15-33(16-30)29(36)31-14-24(31)23-13-20(38-2)9-11-21(23)27-26(18-6-4-3-5-7-18)22-10-8-19(28(32)35)12-25(22)34(27)17-31;1-3(2)4/h8-13,18,24,37H,3-7,14-17H2,1-2H3,(H2,32,35);4H,1-2H3. The lowest BCUT2D eigenvalue weighted by molar-refractivity contribution is -0.158. The van der Waals surface area contributed by atoms with Crippen molar-refractivity contribution >= 4 is 35.5 Å². The van der Waals surface area contributed by atoms with Crippen LogP contribution in [0.25, 0.3) is 22.2 Å². The molecular weight excluding hydrogens is 548 g/mol. The van der Waals surface area contributed by atoms with Gasteiger partial charge in [-0.1, -0.05) is 38.1 Å². The molecule has 2 unspecified atom stereocenters. The molecule has 2 aliphatic carbocycles. The third-order valence-electron chi connectivity index (χ3n) is 9.58. The molecule has 7 rings (SSSR count). The van der Waals surface area contributed by atoms with E-state index in [-0.39, 0.29) is 11.8 Å². The fraction of sp³-hybridized carbons (Fsp3) is 0.515. The zero-order valence-electron chi connectivity index (χ0n) is 25.0. The molecule has 3 aromatic rings. The summed E-state index contributed by atoms with van der Waals surface area (Å²) in [6.45, 7) is 3.06. The van der Waals surface area contributed by atoms with Gasteiger partial charge in [-0.3, -0.25) is 13.9 Å². The minimum atomic E-state index is -0.821. The molecule has 42 heavy (non-hydrogen) atoms. The number of carbonyl (C=O) groups excluding carboxylic acids is 2. The van der Waals surface area contributed by atoms with Crippen LogP contribution in [0, 0.1) is 5.41 Å². The van der Waals surface area contributed by atoms with Crippen LogP contribution in [-0.2, 0) is 11.3 Å². The summed E-state index contributed by atoms with van der Waals surface area (Å²) in [5, 5.41) is 11.5. The molecule has 3 heterocycles. The summed E-state index contributed by atoms with van der Waals surface area (Å²) in [5.41, 5.74) is 10.6. The molecule has 224 valence electrons. The van der Waals surface area contributed by atoms with Gasteiger partial charge in [0.25, 0.3) is 0 Å². The normalized spacial score (nSPS) is 24.0. The van der Waals surface area contributed by atoms with Crippen molar-refractivity contribution in [1.29, 1.82) is 0 Å². The van der Waals surface area contributed by atoms with E-state index < -0.39 is 16.9 Å². The Morgan fingerprint density at radius 3 is 2.38 bits per heavy atom. The van der Waals surface area contributed by atoms with Gasteiger partial charge in [0.2, 0.25) is 11.8 Å². The monoisotopic (exact) mass is 590 g/mol. The van der Waals surface area contributed by atoms with Crippen LogP contribution in [0.4, 0.5) is 0 Å². The predicted octanol–water partition coefficient (Wildman–Crippen LogP) is 4.94. The van der Waals surface area contributed by atoms with E-state index in [1.165, 1.54) is 36.1 Å². The van der Waals surface area contributed by atoms with Gasteiger partial charge >= 0.3 is 0 Å². The second-order valence-corrected chi connectivity index (χ2v) is 14.0. The Bertz CT molecular complexity index is 1550. The second-order valence-electron chi connectivity index (χ2n) is 13.2. The number of nitrogens with zero attached hydrogens (tertiary/aromatic N) is 3. The number of methoxy groups -OCH3 is 1. The molecule has 0 bridgehead atoms. The first-order valence-electron chi connectivity index (χ1n) is 15.0. The highest BCUT2D eigenvalue weighted by molar-refractivity contribution is 7.77. The number of benzene rings is 2. The number of likely N-dealkylation sites (tertiary alicyclic amines) is 1. The van der Waals surface area contributed by atoms with Crippen molar-refractivity contribution in [2.24, 2.45) is 11.1 Å². The Kier molecular flexibility index (Phi) is 7.35. The zero-order valence-corrected chi connectivity index (χ0v) is 25.9. The number of carbonyl (C=O) groups is 2. The fourth-order valence-corrected chi connectivity index (χ4v) is 7.67. The summed E-state index contributed by atoms with van der Waals surface area (Å²) in [4.78, 5) is 28.1. The maximum absolute atomic E-state index is 14.1. The van der Waals surface area contributed by atoms with Crippen LogP contribution < -0.4 is 10.5 Å². The highest BCUT2D eigenvalue weighted by Crippen LogP contribution is 2.66. The first kappa shape index (κ1) is 29.1. The lowest BCUT2D eigenvalue weighted by Gasteiger charge is -2.45. The molecular formula is C33H42N4O4S. The zero-order chi connectivity index (χ0) is 30.0. The molecule has 1 saturated heterocycles. The first-order chi connectivity index (χ1) is 20.0. The largest absolute Gasteiger partial charge is 0.497 e. The van der Waals surface area contributed by atoms with Crippen LogP contribution in [0.3, 0.4) is 0 Å². The van der Waals surface area contributed by atoms with Gasteiger partial charge in [0.05, 0.1) is 36.9 Å². The minimum Gasteiger partial charge on any atom is -0.497 e. The summed E-state index contributed by atoms with van der Waals surface area (Å²) < 4.78 is 9.65. The van der Waals surface area contributed by atoms with Gasteiger partial charge in [0.15, 0.2) is 0 Å². The number of amides is 2. The number of ether oxygens (including phenoxy) is 1. The molecule has 4 aliphatic rings.